The number of carbonyl (C=O) groups is 1. The van der Waals surface area contributed by atoms with Crippen molar-refractivity contribution in [3.05, 3.63) is 52.0 Å². The third-order valence-electron chi connectivity index (χ3n) is 3.51. The van der Waals surface area contributed by atoms with Gasteiger partial charge in [-0.2, -0.15) is 5.10 Å². The summed E-state index contributed by atoms with van der Waals surface area (Å²) in [5.41, 5.74) is 4.49. The maximum absolute atomic E-state index is 12.4. The molecule has 0 fully saturated rings. The fourth-order valence-electron chi connectivity index (χ4n) is 2.17. The van der Waals surface area contributed by atoms with E-state index in [4.69, 9.17) is 14.2 Å². The van der Waals surface area contributed by atoms with Crippen molar-refractivity contribution in [2.45, 2.75) is 6.92 Å². The van der Waals surface area contributed by atoms with Crippen LogP contribution < -0.4 is 19.6 Å². The largest absolute Gasteiger partial charge is 0.493 e. The molecule has 0 aliphatic rings. The maximum Gasteiger partial charge on any atom is 0.271 e. The summed E-state index contributed by atoms with van der Waals surface area (Å²) in [4.78, 5) is 12.4. The molecule has 0 saturated carbocycles. The molecule has 0 unspecified atom stereocenters. The van der Waals surface area contributed by atoms with Crippen molar-refractivity contribution in [2.75, 3.05) is 21.3 Å². The number of methoxy groups -OCH3 is 3. The molecule has 2 aromatic carbocycles. The Morgan fingerprint density at radius 1 is 0.960 bits per heavy atom. The predicted octanol–water partition coefficient (Wildman–Crippen LogP) is 3.63. The van der Waals surface area contributed by atoms with Gasteiger partial charge in [0.2, 0.25) is 5.75 Å². The average Bonchev–Trinajstić information content (AvgIpc) is 2.64. The van der Waals surface area contributed by atoms with E-state index in [9.17, 15) is 4.79 Å². The molecule has 0 heterocycles. The second kappa shape index (κ2) is 8.53. The zero-order valence-electron chi connectivity index (χ0n) is 14.4. The van der Waals surface area contributed by atoms with E-state index in [1.807, 2.05) is 31.2 Å². The summed E-state index contributed by atoms with van der Waals surface area (Å²) in [5, 5.41) is 4.14. The van der Waals surface area contributed by atoms with E-state index in [2.05, 4.69) is 26.5 Å². The molecule has 0 aliphatic heterocycles. The Bertz CT molecular complexity index is 763. The fraction of sp³-hybridized carbons (Fsp3) is 0.222. The van der Waals surface area contributed by atoms with Gasteiger partial charge in [-0.3, -0.25) is 4.79 Å². The Morgan fingerprint density at radius 2 is 1.52 bits per heavy atom. The lowest BCUT2D eigenvalue weighted by molar-refractivity contribution is 0.0954. The van der Waals surface area contributed by atoms with E-state index >= 15 is 0 Å². The third-order valence-corrected chi connectivity index (χ3v) is 4.04. The van der Waals surface area contributed by atoms with E-state index in [0.717, 1.165) is 10.0 Å². The molecule has 25 heavy (non-hydrogen) atoms. The van der Waals surface area contributed by atoms with E-state index in [1.165, 1.54) is 21.3 Å². The first kappa shape index (κ1) is 18.8. The van der Waals surface area contributed by atoms with Gasteiger partial charge in [0.1, 0.15) is 0 Å². The second-order valence-corrected chi connectivity index (χ2v) is 5.97. The number of hydrogen-bond acceptors (Lipinski definition) is 5. The van der Waals surface area contributed by atoms with Crippen LogP contribution in [0.4, 0.5) is 0 Å². The number of carbonyl (C=O) groups excluding carboxylic acids is 1. The van der Waals surface area contributed by atoms with Crippen LogP contribution in [0.25, 0.3) is 0 Å². The van der Waals surface area contributed by atoms with Crippen LogP contribution in [0.3, 0.4) is 0 Å². The summed E-state index contributed by atoms with van der Waals surface area (Å²) in [7, 11) is 4.50. The highest BCUT2D eigenvalue weighted by Gasteiger charge is 2.16. The SMILES string of the molecule is COc1cc(C(=O)N/N=C(/C)c2ccc(Br)cc2)cc(OC)c1OC. The minimum Gasteiger partial charge on any atom is -0.493 e. The van der Waals surface area contributed by atoms with Gasteiger partial charge < -0.3 is 14.2 Å². The van der Waals surface area contributed by atoms with Crippen molar-refractivity contribution in [3.63, 3.8) is 0 Å². The van der Waals surface area contributed by atoms with Gasteiger partial charge in [-0.15, -0.1) is 0 Å². The molecule has 0 aliphatic carbocycles. The minimum absolute atomic E-state index is 0.349. The van der Waals surface area contributed by atoms with Crippen LogP contribution in [0.1, 0.15) is 22.8 Å². The summed E-state index contributed by atoms with van der Waals surface area (Å²) < 4.78 is 16.7. The number of ether oxygens (including phenoxy) is 3. The molecule has 0 saturated heterocycles. The molecule has 0 bridgehead atoms. The second-order valence-electron chi connectivity index (χ2n) is 5.06. The standard InChI is InChI=1S/C18H19BrN2O4/c1-11(12-5-7-14(19)8-6-12)20-21-18(22)13-9-15(23-2)17(25-4)16(10-13)24-3/h5-10H,1-4H3,(H,21,22)/b20-11-. The number of benzene rings is 2. The minimum atomic E-state index is -0.379. The normalized spacial score (nSPS) is 11.0. The summed E-state index contributed by atoms with van der Waals surface area (Å²) in [6.07, 6.45) is 0. The Morgan fingerprint density at radius 3 is 2.00 bits per heavy atom. The van der Waals surface area contributed by atoms with E-state index in [-0.39, 0.29) is 5.91 Å². The molecule has 0 atom stereocenters. The molecule has 7 heteroatoms. The molecular weight excluding hydrogens is 388 g/mol. The number of amides is 1. The van der Waals surface area contributed by atoms with Crippen LogP contribution in [0.5, 0.6) is 17.2 Å². The van der Waals surface area contributed by atoms with Crippen LogP contribution in [-0.2, 0) is 0 Å². The molecule has 132 valence electrons. The maximum atomic E-state index is 12.4. The monoisotopic (exact) mass is 406 g/mol. The number of nitrogens with one attached hydrogen (secondary N) is 1. The van der Waals surface area contributed by atoms with Crippen LogP contribution in [0, 0.1) is 0 Å². The zero-order chi connectivity index (χ0) is 18.4. The van der Waals surface area contributed by atoms with Crippen LogP contribution in [-0.4, -0.2) is 32.9 Å². The lowest BCUT2D eigenvalue weighted by Crippen LogP contribution is -2.19. The van der Waals surface area contributed by atoms with Crippen LogP contribution in [0.15, 0.2) is 46.0 Å². The smallest absolute Gasteiger partial charge is 0.271 e. The van der Waals surface area contributed by atoms with Gasteiger partial charge in [-0.05, 0) is 36.8 Å². The summed E-state index contributed by atoms with van der Waals surface area (Å²) >= 11 is 3.38. The molecule has 1 amide bonds. The summed E-state index contributed by atoms with van der Waals surface area (Å²) in [6, 6.07) is 10.8. The van der Waals surface area contributed by atoms with Gasteiger partial charge in [0.25, 0.3) is 5.91 Å². The van der Waals surface area contributed by atoms with Gasteiger partial charge in [-0.25, -0.2) is 5.43 Å². The highest BCUT2D eigenvalue weighted by molar-refractivity contribution is 9.10. The van der Waals surface area contributed by atoms with Crippen LogP contribution >= 0.6 is 15.9 Å². The van der Waals surface area contributed by atoms with E-state index < -0.39 is 0 Å². The van der Waals surface area contributed by atoms with Gasteiger partial charge >= 0.3 is 0 Å². The lowest BCUT2D eigenvalue weighted by Gasteiger charge is -2.13. The summed E-state index contributed by atoms with van der Waals surface area (Å²) in [6.45, 7) is 1.82. The van der Waals surface area contributed by atoms with Gasteiger partial charge in [-0.1, -0.05) is 28.1 Å². The van der Waals surface area contributed by atoms with Crippen molar-refractivity contribution < 1.29 is 19.0 Å². The molecule has 2 rings (SSSR count). The third kappa shape index (κ3) is 4.51. The van der Waals surface area contributed by atoms with Crippen molar-refractivity contribution >= 4 is 27.5 Å². The lowest BCUT2D eigenvalue weighted by atomic mass is 10.1. The first-order valence-electron chi connectivity index (χ1n) is 7.40. The van der Waals surface area contributed by atoms with Gasteiger partial charge in [0.15, 0.2) is 11.5 Å². The van der Waals surface area contributed by atoms with Crippen molar-refractivity contribution in [2.24, 2.45) is 5.10 Å². The number of hydrazone groups is 1. The number of halogens is 1. The molecule has 0 spiro atoms. The highest BCUT2D eigenvalue weighted by Crippen LogP contribution is 2.38. The predicted molar refractivity (Wildman–Crippen MR) is 99.9 cm³/mol. The molecule has 1 N–H and O–H groups in total. The Hall–Kier alpha value is -2.54. The first-order chi connectivity index (χ1) is 12.0. The number of hydrogen-bond donors (Lipinski definition) is 1. The van der Waals surface area contributed by atoms with Crippen molar-refractivity contribution in [1.82, 2.24) is 5.43 Å². The zero-order valence-corrected chi connectivity index (χ0v) is 16.0. The van der Waals surface area contributed by atoms with Crippen LogP contribution in [0.2, 0.25) is 0 Å². The van der Waals surface area contributed by atoms with E-state index in [1.54, 1.807) is 12.1 Å². The highest BCUT2D eigenvalue weighted by atomic mass is 79.9. The summed E-state index contributed by atoms with van der Waals surface area (Å²) in [5.74, 6) is 0.855. The number of nitrogens with zero attached hydrogens (tertiary/aromatic N) is 1. The van der Waals surface area contributed by atoms with Gasteiger partial charge in [0, 0.05) is 10.0 Å². The first-order valence-corrected chi connectivity index (χ1v) is 8.20. The molecule has 6 nitrogen and oxygen atoms in total. The Balaban J connectivity index is 2.23. The Labute approximate surface area is 154 Å². The fourth-order valence-corrected chi connectivity index (χ4v) is 2.43. The quantitative estimate of drug-likeness (QED) is 0.587. The molecular formula is C18H19BrN2O4. The van der Waals surface area contributed by atoms with Crippen molar-refractivity contribution in [1.29, 1.82) is 0 Å². The van der Waals surface area contributed by atoms with Gasteiger partial charge in [0.05, 0.1) is 27.0 Å². The molecule has 0 aromatic heterocycles. The molecule has 0 radical (unpaired) electrons. The number of rotatable bonds is 6. The van der Waals surface area contributed by atoms with Crippen molar-refractivity contribution in [3.8, 4) is 17.2 Å². The van der Waals surface area contributed by atoms with E-state index in [0.29, 0.717) is 28.5 Å². The topological polar surface area (TPSA) is 69.2 Å². The molecule has 2 aromatic rings. The Kier molecular flexibility index (Phi) is 6.41. The average molecular weight is 407 g/mol.